The Morgan fingerprint density at radius 2 is 1.66 bits per heavy atom. The van der Waals surface area contributed by atoms with Crippen molar-refractivity contribution in [1.29, 1.82) is 0 Å². The molecule has 4 N–H and O–H groups in total. The van der Waals surface area contributed by atoms with Crippen LogP contribution in [0.2, 0.25) is 10.0 Å². The Kier molecular flexibility index (Phi) is 10.0. The summed E-state index contributed by atoms with van der Waals surface area (Å²) in [5.41, 5.74) is 4.60. The molecule has 10 heteroatoms. The molecule has 0 heterocycles. The molecular formula is C31H31Cl2N3O5. The minimum absolute atomic E-state index is 0.193. The average Bonchev–Trinajstić information content (AvgIpc) is 2.94. The molecule has 0 unspecified atom stereocenters. The van der Waals surface area contributed by atoms with Gasteiger partial charge in [0.05, 0.1) is 13.1 Å². The van der Waals surface area contributed by atoms with Gasteiger partial charge in [0, 0.05) is 27.0 Å². The SMILES string of the molecule is C[C@H]1CCC=C(c2ccc(N(Cc3ccc(C(=O)NC[C@@H](O)C(=O)O)cc3)C(=O)Nc3cc(Cl)cc(Cl)c3)cc2)C1. The van der Waals surface area contributed by atoms with Gasteiger partial charge in [0.1, 0.15) is 0 Å². The number of benzene rings is 3. The second kappa shape index (κ2) is 13.7. The van der Waals surface area contributed by atoms with Gasteiger partial charge in [0.2, 0.25) is 0 Å². The van der Waals surface area contributed by atoms with E-state index in [-0.39, 0.29) is 12.1 Å². The standard InChI is InChI=1S/C31H31Cl2N3O5/c1-19-3-2-4-23(13-19)21-9-11-27(12-10-21)36(31(41)35-26-15-24(32)14-25(33)16-26)18-20-5-7-22(8-6-20)29(38)34-17-28(37)30(39)40/h4-12,14-16,19,28,37H,2-3,13,17-18H2,1H3,(H,34,38)(H,35,41)(H,39,40)/t19-,28+/m0/s1. The van der Waals surface area contributed by atoms with E-state index in [9.17, 15) is 19.5 Å². The summed E-state index contributed by atoms with van der Waals surface area (Å²) in [4.78, 5) is 38.2. The van der Waals surface area contributed by atoms with Crippen molar-refractivity contribution < 1.29 is 24.6 Å². The Morgan fingerprint density at radius 1 is 1.00 bits per heavy atom. The molecule has 0 radical (unpaired) electrons. The van der Waals surface area contributed by atoms with Crippen LogP contribution in [0.1, 0.15) is 47.7 Å². The largest absolute Gasteiger partial charge is 0.479 e. The van der Waals surface area contributed by atoms with Crippen LogP contribution in [-0.4, -0.2) is 40.8 Å². The number of hydrogen-bond donors (Lipinski definition) is 4. The van der Waals surface area contributed by atoms with Crippen molar-refractivity contribution >= 4 is 58.1 Å². The van der Waals surface area contributed by atoms with Gasteiger partial charge in [-0.05, 0) is 84.3 Å². The first-order chi connectivity index (χ1) is 19.6. The van der Waals surface area contributed by atoms with Gasteiger partial charge in [0.25, 0.3) is 5.91 Å². The van der Waals surface area contributed by atoms with Gasteiger partial charge in [-0.2, -0.15) is 0 Å². The molecule has 3 amide bonds. The van der Waals surface area contributed by atoms with Gasteiger partial charge in [0.15, 0.2) is 6.10 Å². The van der Waals surface area contributed by atoms with E-state index < -0.39 is 30.6 Å². The third kappa shape index (κ3) is 8.33. The van der Waals surface area contributed by atoms with Gasteiger partial charge < -0.3 is 20.8 Å². The fourth-order valence-corrected chi connectivity index (χ4v) is 5.14. The average molecular weight is 597 g/mol. The lowest BCUT2D eigenvalue weighted by molar-refractivity contribution is -0.146. The van der Waals surface area contributed by atoms with Crippen molar-refractivity contribution in [3.8, 4) is 0 Å². The van der Waals surface area contributed by atoms with E-state index in [2.05, 4.69) is 23.6 Å². The van der Waals surface area contributed by atoms with Crippen molar-refractivity contribution in [2.45, 2.75) is 38.8 Å². The summed E-state index contributed by atoms with van der Waals surface area (Å²) in [7, 11) is 0. The smallest absolute Gasteiger partial charge is 0.334 e. The van der Waals surface area contributed by atoms with E-state index >= 15 is 0 Å². The third-order valence-corrected chi connectivity index (χ3v) is 7.26. The first-order valence-electron chi connectivity index (χ1n) is 13.2. The number of hydrogen-bond acceptors (Lipinski definition) is 4. The number of amides is 3. The van der Waals surface area contributed by atoms with Crippen molar-refractivity contribution in [2.24, 2.45) is 5.92 Å². The molecular weight excluding hydrogens is 565 g/mol. The van der Waals surface area contributed by atoms with Crippen LogP contribution in [-0.2, 0) is 11.3 Å². The van der Waals surface area contributed by atoms with Crippen molar-refractivity contribution in [3.63, 3.8) is 0 Å². The number of aliphatic carboxylic acids is 1. The van der Waals surface area contributed by atoms with Crippen molar-refractivity contribution in [1.82, 2.24) is 5.32 Å². The molecule has 0 saturated carbocycles. The summed E-state index contributed by atoms with van der Waals surface area (Å²) in [5, 5.41) is 24.2. The Balaban J connectivity index is 1.54. The number of carbonyl (C=O) groups is 3. The molecule has 2 atom stereocenters. The molecule has 8 nitrogen and oxygen atoms in total. The number of urea groups is 1. The molecule has 3 aromatic carbocycles. The van der Waals surface area contributed by atoms with Gasteiger partial charge >= 0.3 is 12.0 Å². The van der Waals surface area contributed by atoms with E-state index in [0.717, 1.165) is 24.0 Å². The number of rotatable bonds is 9. The quantitative estimate of drug-likeness (QED) is 0.222. The fraction of sp³-hybridized carbons (Fsp3) is 0.258. The van der Waals surface area contributed by atoms with E-state index in [0.29, 0.717) is 27.3 Å². The Hall–Kier alpha value is -3.85. The van der Waals surface area contributed by atoms with Crippen LogP contribution >= 0.6 is 23.2 Å². The zero-order valence-electron chi connectivity index (χ0n) is 22.4. The second-order valence-corrected chi connectivity index (χ2v) is 11.0. The summed E-state index contributed by atoms with van der Waals surface area (Å²) < 4.78 is 0. The van der Waals surface area contributed by atoms with Crippen LogP contribution in [0.5, 0.6) is 0 Å². The molecule has 1 aliphatic rings. The maximum atomic E-state index is 13.5. The number of aliphatic hydroxyl groups excluding tert-OH is 1. The number of nitrogens with one attached hydrogen (secondary N) is 2. The zero-order chi connectivity index (χ0) is 29.5. The number of carboxylic acid groups (broad SMARTS) is 1. The molecule has 0 aromatic heterocycles. The number of halogens is 2. The summed E-state index contributed by atoms with van der Waals surface area (Å²) in [6.07, 6.45) is 3.86. The summed E-state index contributed by atoms with van der Waals surface area (Å²) in [6, 6.07) is 18.8. The highest BCUT2D eigenvalue weighted by molar-refractivity contribution is 6.35. The summed E-state index contributed by atoms with van der Waals surface area (Å²) in [6.45, 7) is 2.03. The molecule has 41 heavy (non-hydrogen) atoms. The maximum absolute atomic E-state index is 13.5. The topological polar surface area (TPSA) is 119 Å². The third-order valence-electron chi connectivity index (χ3n) is 6.83. The monoisotopic (exact) mass is 595 g/mol. The molecule has 0 saturated heterocycles. The lowest BCUT2D eigenvalue weighted by Gasteiger charge is -2.25. The number of carbonyl (C=O) groups excluding carboxylic acids is 2. The highest BCUT2D eigenvalue weighted by Crippen LogP contribution is 2.32. The van der Waals surface area contributed by atoms with Gasteiger partial charge in [-0.15, -0.1) is 0 Å². The van der Waals surface area contributed by atoms with Crippen molar-refractivity contribution in [3.05, 3.63) is 99.5 Å². The molecule has 3 aromatic rings. The lowest BCUT2D eigenvalue weighted by Crippen LogP contribution is -2.36. The van der Waals surface area contributed by atoms with E-state index in [1.165, 1.54) is 12.0 Å². The minimum atomic E-state index is -1.69. The predicted octanol–water partition coefficient (Wildman–Crippen LogP) is 6.61. The van der Waals surface area contributed by atoms with Crippen LogP contribution in [0.15, 0.2) is 72.8 Å². The van der Waals surface area contributed by atoms with E-state index in [1.54, 1.807) is 47.4 Å². The number of allylic oxidation sites excluding steroid dienone is 2. The summed E-state index contributed by atoms with van der Waals surface area (Å²) >= 11 is 12.3. The Bertz CT molecular complexity index is 1420. The highest BCUT2D eigenvalue weighted by atomic mass is 35.5. The molecule has 214 valence electrons. The van der Waals surface area contributed by atoms with Crippen molar-refractivity contribution in [2.75, 3.05) is 16.8 Å². The van der Waals surface area contributed by atoms with Gasteiger partial charge in [-0.1, -0.05) is 60.5 Å². The van der Waals surface area contributed by atoms with Crippen LogP contribution in [0.25, 0.3) is 5.57 Å². The number of aliphatic hydroxyl groups is 1. The van der Waals surface area contributed by atoms with E-state index in [1.807, 2.05) is 24.3 Å². The molecule has 1 aliphatic carbocycles. The normalized spacial score (nSPS) is 15.4. The molecule has 0 spiro atoms. The van der Waals surface area contributed by atoms with Crippen LogP contribution < -0.4 is 15.5 Å². The highest BCUT2D eigenvalue weighted by Gasteiger charge is 2.20. The van der Waals surface area contributed by atoms with Crippen LogP contribution in [0.4, 0.5) is 16.2 Å². The second-order valence-electron chi connectivity index (χ2n) is 10.1. The predicted molar refractivity (Wildman–Crippen MR) is 162 cm³/mol. The maximum Gasteiger partial charge on any atom is 0.334 e. The minimum Gasteiger partial charge on any atom is -0.479 e. The number of carboxylic acids is 1. The number of nitrogens with zero attached hydrogens (tertiary/aromatic N) is 1. The number of anilines is 2. The van der Waals surface area contributed by atoms with E-state index in [4.69, 9.17) is 28.3 Å². The lowest BCUT2D eigenvalue weighted by atomic mass is 9.87. The Labute approximate surface area is 248 Å². The molecule has 0 bridgehead atoms. The molecule has 0 fully saturated rings. The van der Waals surface area contributed by atoms with Gasteiger partial charge in [-0.3, -0.25) is 9.69 Å². The first-order valence-corrected chi connectivity index (χ1v) is 14.0. The van der Waals surface area contributed by atoms with Crippen LogP contribution in [0, 0.1) is 5.92 Å². The fourth-order valence-electron chi connectivity index (χ4n) is 4.61. The zero-order valence-corrected chi connectivity index (χ0v) is 24.0. The first kappa shape index (κ1) is 30.1. The summed E-state index contributed by atoms with van der Waals surface area (Å²) in [5.74, 6) is -1.31. The van der Waals surface area contributed by atoms with Crippen LogP contribution in [0.3, 0.4) is 0 Å². The molecule has 0 aliphatic heterocycles. The molecule has 4 rings (SSSR count). The Morgan fingerprint density at radius 3 is 2.27 bits per heavy atom. The van der Waals surface area contributed by atoms with Gasteiger partial charge in [-0.25, -0.2) is 9.59 Å².